The van der Waals surface area contributed by atoms with Crippen molar-refractivity contribution in [3.8, 4) is 0 Å². The van der Waals surface area contributed by atoms with Crippen LogP contribution in [0.3, 0.4) is 0 Å². The van der Waals surface area contributed by atoms with Crippen LogP contribution in [0.1, 0.15) is 43.1 Å². The zero-order chi connectivity index (χ0) is 22.9. The number of benzene rings is 1. The van der Waals surface area contributed by atoms with Gasteiger partial charge in [0.1, 0.15) is 16.7 Å². The van der Waals surface area contributed by atoms with Gasteiger partial charge in [-0.1, -0.05) is 37.0 Å². The Kier molecular flexibility index (Phi) is 7.42. The molecule has 2 aromatic heterocycles. The Labute approximate surface area is 195 Å². The molecule has 6 nitrogen and oxygen atoms in total. The number of nitrogens with zero attached hydrogens (tertiary/aromatic N) is 3. The van der Waals surface area contributed by atoms with Crippen LogP contribution in [0.25, 0.3) is 10.2 Å². The summed E-state index contributed by atoms with van der Waals surface area (Å²) < 4.78 is 1.52. The van der Waals surface area contributed by atoms with Crippen molar-refractivity contribution in [2.24, 2.45) is 0 Å². The largest absolute Gasteiger partial charge is 0.324 e. The summed E-state index contributed by atoms with van der Waals surface area (Å²) >= 11 is 13.6. The van der Waals surface area contributed by atoms with Crippen molar-refractivity contribution < 1.29 is 4.79 Å². The summed E-state index contributed by atoms with van der Waals surface area (Å²) in [6.45, 7) is 11.8. The van der Waals surface area contributed by atoms with Gasteiger partial charge in [-0.25, -0.2) is 4.98 Å². The fourth-order valence-corrected chi connectivity index (χ4v) is 5.06. The summed E-state index contributed by atoms with van der Waals surface area (Å²) in [4.78, 5) is 35.4. The summed E-state index contributed by atoms with van der Waals surface area (Å²) in [6, 6.07) is 4.05. The van der Waals surface area contributed by atoms with E-state index in [1.165, 1.54) is 15.9 Å². The van der Waals surface area contributed by atoms with Gasteiger partial charge in [0.15, 0.2) is 0 Å². The van der Waals surface area contributed by atoms with Crippen LogP contribution in [0.15, 0.2) is 23.0 Å². The Balaban J connectivity index is 2.08. The lowest BCUT2D eigenvalue weighted by atomic mass is 10.2. The maximum absolute atomic E-state index is 13.5. The molecule has 0 aliphatic carbocycles. The minimum Gasteiger partial charge on any atom is -0.324 e. The van der Waals surface area contributed by atoms with Crippen LogP contribution in [0, 0.1) is 13.8 Å². The minimum absolute atomic E-state index is 0.194. The summed E-state index contributed by atoms with van der Waals surface area (Å²) in [6.07, 6.45) is 0. The Morgan fingerprint density at radius 1 is 1.19 bits per heavy atom. The Hall–Kier alpha value is -1.93. The number of halogens is 2. The van der Waals surface area contributed by atoms with Gasteiger partial charge in [0.2, 0.25) is 5.91 Å². The molecule has 0 aliphatic heterocycles. The van der Waals surface area contributed by atoms with E-state index in [0.717, 1.165) is 23.5 Å². The highest BCUT2D eigenvalue weighted by molar-refractivity contribution is 7.18. The molecule has 1 N–H and O–H groups in total. The van der Waals surface area contributed by atoms with Gasteiger partial charge in [0, 0.05) is 20.6 Å². The van der Waals surface area contributed by atoms with Gasteiger partial charge in [-0.3, -0.25) is 19.1 Å². The summed E-state index contributed by atoms with van der Waals surface area (Å²) in [5, 5.41) is 4.24. The standard InChI is InChI=1S/C22H26Cl2N4O2S/c1-6-27(7-2)11-18-26-21-19(12(3)14(5)31-21)22(30)28(18)13(4)20(29)25-17-9-15(23)8-16(24)10-17/h8-10,13H,6-7,11H2,1-5H3,(H,25,29). The van der Waals surface area contributed by atoms with Crippen LogP contribution in [-0.4, -0.2) is 33.4 Å². The van der Waals surface area contributed by atoms with Crippen molar-refractivity contribution in [2.45, 2.75) is 47.2 Å². The van der Waals surface area contributed by atoms with Crippen LogP contribution in [0.5, 0.6) is 0 Å². The molecule has 9 heteroatoms. The van der Waals surface area contributed by atoms with E-state index in [1.807, 2.05) is 13.8 Å². The van der Waals surface area contributed by atoms with E-state index in [2.05, 4.69) is 24.1 Å². The molecule has 3 rings (SSSR count). The van der Waals surface area contributed by atoms with Crippen molar-refractivity contribution in [2.75, 3.05) is 18.4 Å². The molecule has 0 radical (unpaired) electrons. The van der Waals surface area contributed by atoms with Gasteiger partial charge in [0.05, 0.1) is 11.9 Å². The molecule has 31 heavy (non-hydrogen) atoms. The lowest BCUT2D eigenvalue weighted by Crippen LogP contribution is -2.37. The van der Waals surface area contributed by atoms with E-state index in [4.69, 9.17) is 28.2 Å². The highest BCUT2D eigenvalue weighted by Gasteiger charge is 2.25. The monoisotopic (exact) mass is 480 g/mol. The third kappa shape index (κ3) is 4.95. The lowest BCUT2D eigenvalue weighted by molar-refractivity contribution is -0.119. The van der Waals surface area contributed by atoms with Crippen LogP contribution in [0.4, 0.5) is 5.69 Å². The zero-order valence-electron chi connectivity index (χ0n) is 18.3. The second-order valence-electron chi connectivity index (χ2n) is 7.45. The predicted molar refractivity (Wildman–Crippen MR) is 130 cm³/mol. The molecule has 166 valence electrons. The number of carbonyl (C=O) groups is 1. The minimum atomic E-state index is -0.771. The predicted octanol–water partition coefficient (Wildman–Crippen LogP) is 5.42. The summed E-state index contributed by atoms with van der Waals surface area (Å²) in [5.74, 6) is 0.237. The van der Waals surface area contributed by atoms with Crippen LogP contribution in [0.2, 0.25) is 10.0 Å². The quantitative estimate of drug-likeness (QED) is 0.489. The number of rotatable bonds is 7. The molecule has 0 saturated carbocycles. The molecule has 1 atom stereocenters. The highest BCUT2D eigenvalue weighted by Crippen LogP contribution is 2.28. The van der Waals surface area contributed by atoms with Crippen molar-refractivity contribution >= 4 is 56.3 Å². The highest BCUT2D eigenvalue weighted by atomic mass is 35.5. The first-order valence-electron chi connectivity index (χ1n) is 10.2. The first kappa shape index (κ1) is 23.7. The maximum Gasteiger partial charge on any atom is 0.263 e. The van der Waals surface area contributed by atoms with Gasteiger partial charge >= 0.3 is 0 Å². The smallest absolute Gasteiger partial charge is 0.263 e. The molecule has 0 bridgehead atoms. The molecule has 0 saturated heterocycles. The fraction of sp³-hybridized carbons (Fsp3) is 0.409. The molecule has 0 fully saturated rings. The third-order valence-corrected chi connectivity index (χ3v) is 7.00. The maximum atomic E-state index is 13.5. The fourth-order valence-electron chi connectivity index (χ4n) is 3.50. The molecule has 3 aromatic rings. The summed E-state index contributed by atoms with van der Waals surface area (Å²) in [5.41, 5.74) is 1.19. The molecule has 0 aliphatic rings. The number of anilines is 1. The number of carbonyl (C=O) groups excluding carboxylic acids is 1. The number of aromatic nitrogens is 2. The molecular formula is C22H26Cl2N4O2S. The average molecular weight is 481 g/mol. The number of fused-ring (bicyclic) bond motifs is 1. The lowest BCUT2D eigenvalue weighted by Gasteiger charge is -2.23. The van der Waals surface area contributed by atoms with Gasteiger partial charge in [-0.2, -0.15) is 0 Å². The average Bonchev–Trinajstić information content (AvgIpc) is 2.98. The Morgan fingerprint density at radius 2 is 1.81 bits per heavy atom. The Morgan fingerprint density at radius 3 is 2.39 bits per heavy atom. The molecule has 0 spiro atoms. The van der Waals surface area contributed by atoms with Gasteiger partial charge < -0.3 is 5.32 Å². The van der Waals surface area contributed by atoms with Crippen LogP contribution < -0.4 is 10.9 Å². The summed E-state index contributed by atoms with van der Waals surface area (Å²) in [7, 11) is 0. The first-order chi connectivity index (χ1) is 14.7. The number of hydrogen-bond acceptors (Lipinski definition) is 5. The number of aryl methyl sites for hydroxylation is 2. The second-order valence-corrected chi connectivity index (χ2v) is 9.53. The molecular weight excluding hydrogens is 455 g/mol. The number of thiophene rings is 1. The van der Waals surface area contributed by atoms with Crippen molar-refractivity contribution in [1.82, 2.24) is 14.5 Å². The van der Waals surface area contributed by atoms with E-state index >= 15 is 0 Å². The van der Waals surface area contributed by atoms with E-state index in [0.29, 0.717) is 38.3 Å². The number of hydrogen-bond donors (Lipinski definition) is 1. The topological polar surface area (TPSA) is 67.2 Å². The van der Waals surface area contributed by atoms with Crippen LogP contribution in [-0.2, 0) is 11.3 Å². The Bertz CT molecular complexity index is 1160. The normalized spacial score (nSPS) is 12.5. The van der Waals surface area contributed by atoms with E-state index in [9.17, 15) is 9.59 Å². The zero-order valence-corrected chi connectivity index (χ0v) is 20.6. The molecule has 1 aromatic carbocycles. The van der Waals surface area contributed by atoms with Crippen LogP contribution >= 0.6 is 34.5 Å². The van der Waals surface area contributed by atoms with E-state index < -0.39 is 6.04 Å². The molecule has 1 amide bonds. The van der Waals surface area contributed by atoms with Crippen molar-refractivity contribution in [3.63, 3.8) is 0 Å². The second kappa shape index (κ2) is 9.69. The number of nitrogens with one attached hydrogen (secondary N) is 1. The van der Waals surface area contributed by atoms with Gasteiger partial charge in [-0.15, -0.1) is 11.3 Å². The SMILES string of the molecule is CCN(CC)Cc1nc2sc(C)c(C)c2c(=O)n1C(C)C(=O)Nc1cc(Cl)cc(Cl)c1. The number of amides is 1. The van der Waals surface area contributed by atoms with Gasteiger partial charge in [0.25, 0.3) is 5.56 Å². The molecule has 2 heterocycles. The van der Waals surface area contributed by atoms with Gasteiger partial charge in [-0.05, 0) is 57.6 Å². The van der Waals surface area contributed by atoms with E-state index in [-0.39, 0.29) is 11.5 Å². The first-order valence-corrected chi connectivity index (χ1v) is 11.7. The van der Waals surface area contributed by atoms with E-state index in [1.54, 1.807) is 25.1 Å². The third-order valence-electron chi connectivity index (χ3n) is 5.46. The van der Waals surface area contributed by atoms with Crippen molar-refractivity contribution in [3.05, 3.63) is 54.9 Å². The molecule has 1 unspecified atom stereocenters. The van der Waals surface area contributed by atoms with Crippen molar-refractivity contribution in [1.29, 1.82) is 0 Å².